The number of fused-ring (bicyclic) bond motifs is 1. The Morgan fingerprint density at radius 3 is 2.91 bits per heavy atom. The number of rotatable bonds is 5. The molecular weight excluding hydrogens is 296 g/mol. The summed E-state index contributed by atoms with van der Waals surface area (Å²) in [6, 6.07) is 8.97. The van der Waals surface area contributed by atoms with Crippen LogP contribution in [0.15, 0.2) is 40.9 Å². The van der Waals surface area contributed by atoms with Crippen LogP contribution in [-0.4, -0.2) is 18.0 Å². The van der Waals surface area contributed by atoms with Crippen molar-refractivity contribution < 1.29 is 18.7 Å². The zero-order valence-corrected chi connectivity index (χ0v) is 12.8. The molecule has 2 heterocycles. The number of benzene rings is 1. The third kappa shape index (κ3) is 2.83. The summed E-state index contributed by atoms with van der Waals surface area (Å²) < 4.78 is 16.5. The van der Waals surface area contributed by atoms with Crippen LogP contribution in [0.1, 0.15) is 21.7 Å². The highest BCUT2D eigenvalue weighted by Gasteiger charge is 2.16. The van der Waals surface area contributed by atoms with Gasteiger partial charge in [-0.05, 0) is 37.3 Å². The van der Waals surface area contributed by atoms with Gasteiger partial charge >= 0.3 is 0 Å². The number of aromatic nitrogens is 1. The van der Waals surface area contributed by atoms with Crippen molar-refractivity contribution in [3.05, 3.63) is 53.4 Å². The van der Waals surface area contributed by atoms with Crippen molar-refractivity contribution in [3.63, 3.8) is 0 Å². The van der Waals surface area contributed by atoms with Crippen LogP contribution in [0.4, 0.5) is 0 Å². The minimum Gasteiger partial charge on any atom is -0.489 e. The molecule has 1 amide bonds. The molecule has 2 aromatic heterocycles. The molecule has 23 heavy (non-hydrogen) atoms. The normalized spacial score (nSPS) is 10.7. The number of hydrogen-bond acceptors (Lipinski definition) is 5. The van der Waals surface area contributed by atoms with Gasteiger partial charge in [-0.2, -0.15) is 0 Å². The first-order chi connectivity index (χ1) is 11.1. The standard InChI is InChI=1S/C17H16N2O4/c1-10-15(16(18)20)13-8-12(5-6-14(13)23-10)22-9-11-4-3-7-19-17(11)21-2/h3-8H,9H2,1-2H3,(H2,18,20). The monoisotopic (exact) mass is 312 g/mol. The molecule has 0 spiro atoms. The number of ether oxygens (including phenoxy) is 2. The third-order valence-corrected chi connectivity index (χ3v) is 3.52. The van der Waals surface area contributed by atoms with E-state index in [0.717, 1.165) is 5.56 Å². The average Bonchev–Trinajstić information content (AvgIpc) is 2.88. The zero-order valence-electron chi connectivity index (χ0n) is 12.8. The number of furan rings is 1. The van der Waals surface area contributed by atoms with Crippen molar-refractivity contribution >= 4 is 16.9 Å². The van der Waals surface area contributed by atoms with Gasteiger partial charge in [0.05, 0.1) is 18.2 Å². The first kappa shape index (κ1) is 14.9. The predicted molar refractivity (Wildman–Crippen MR) is 84.6 cm³/mol. The Morgan fingerprint density at radius 2 is 2.17 bits per heavy atom. The molecular formula is C17H16N2O4. The summed E-state index contributed by atoms with van der Waals surface area (Å²) in [5.41, 5.74) is 7.22. The van der Waals surface area contributed by atoms with Gasteiger partial charge in [0.1, 0.15) is 23.7 Å². The molecule has 0 saturated carbocycles. The number of carbonyl (C=O) groups excluding carboxylic acids is 1. The molecule has 0 saturated heterocycles. The largest absolute Gasteiger partial charge is 0.489 e. The number of nitrogens with zero attached hydrogens (tertiary/aromatic N) is 1. The van der Waals surface area contributed by atoms with Crippen LogP contribution >= 0.6 is 0 Å². The topological polar surface area (TPSA) is 87.6 Å². The van der Waals surface area contributed by atoms with Crippen LogP contribution in [0.5, 0.6) is 11.6 Å². The quantitative estimate of drug-likeness (QED) is 0.782. The Bertz CT molecular complexity index is 870. The van der Waals surface area contributed by atoms with Crippen molar-refractivity contribution in [1.29, 1.82) is 0 Å². The summed E-state index contributed by atoms with van der Waals surface area (Å²) in [7, 11) is 1.56. The fourth-order valence-electron chi connectivity index (χ4n) is 2.47. The number of pyridine rings is 1. The van der Waals surface area contributed by atoms with Crippen LogP contribution in [0, 0.1) is 6.92 Å². The van der Waals surface area contributed by atoms with E-state index in [2.05, 4.69) is 4.98 Å². The lowest BCUT2D eigenvalue weighted by atomic mass is 10.1. The summed E-state index contributed by atoms with van der Waals surface area (Å²) in [6.45, 7) is 2.01. The Labute approximate surface area is 132 Å². The molecule has 0 fully saturated rings. The van der Waals surface area contributed by atoms with Crippen LogP contribution < -0.4 is 15.2 Å². The summed E-state index contributed by atoms with van der Waals surface area (Å²) in [6.07, 6.45) is 1.65. The van der Waals surface area contributed by atoms with E-state index in [1.807, 2.05) is 12.1 Å². The highest BCUT2D eigenvalue weighted by molar-refractivity contribution is 6.06. The van der Waals surface area contributed by atoms with Crippen LogP contribution in [-0.2, 0) is 6.61 Å². The van der Waals surface area contributed by atoms with Crippen molar-refractivity contribution in [2.45, 2.75) is 13.5 Å². The second-order valence-electron chi connectivity index (χ2n) is 5.02. The SMILES string of the molecule is COc1ncccc1COc1ccc2oc(C)c(C(N)=O)c2c1. The fourth-order valence-corrected chi connectivity index (χ4v) is 2.47. The number of nitrogens with two attached hydrogens (primary N) is 1. The van der Waals surface area contributed by atoms with E-state index >= 15 is 0 Å². The van der Waals surface area contributed by atoms with E-state index < -0.39 is 5.91 Å². The molecule has 3 rings (SSSR count). The zero-order chi connectivity index (χ0) is 16.4. The lowest BCUT2D eigenvalue weighted by Crippen LogP contribution is -2.11. The summed E-state index contributed by atoms with van der Waals surface area (Å²) >= 11 is 0. The first-order valence-electron chi connectivity index (χ1n) is 7.03. The van der Waals surface area contributed by atoms with Crippen molar-refractivity contribution in [2.24, 2.45) is 5.73 Å². The molecule has 0 aliphatic rings. The van der Waals surface area contributed by atoms with Crippen molar-refractivity contribution in [1.82, 2.24) is 4.98 Å². The van der Waals surface area contributed by atoms with E-state index in [1.54, 1.807) is 38.4 Å². The van der Waals surface area contributed by atoms with E-state index in [1.165, 1.54) is 0 Å². The molecule has 1 aromatic carbocycles. The third-order valence-electron chi connectivity index (χ3n) is 3.52. The van der Waals surface area contributed by atoms with E-state index in [4.69, 9.17) is 19.6 Å². The molecule has 118 valence electrons. The van der Waals surface area contributed by atoms with Gasteiger partial charge in [-0.25, -0.2) is 4.98 Å². The highest BCUT2D eigenvalue weighted by atomic mass is 16.5. The van der Waals surface area contributed by atoms with Crippen molar-refractivity contribution in [3.8, 4) is 11.6 Å². The second-order valence-corrected chi connectivity index (χ2v) is 5.02. The number of aryl methyl sites for hydroxylation is 1. The fraction of sp³-hybridized carbons (Fsp3) is 0.176. The minimum atomic E-state index is -0.521. The van der Waals surface area contributed by atoms with Crippen LogP contribution in [0.3, 0.4) is 0 Å². The lowest BCUT2D eigenvalue weighted by Gasteiger charge is -2.09. The van der Waals surface area contributed by atoms with Crippen molar-refractivity contribution in [2.75, 3.05) is 7.11 Å². The Morgan fingerprint density at radius 1 is 1.35 bits per heavy atom. The molecule has 0 aliphatic heterocycles. The number of hydrogen-bond donors (Lipinski definition) is 1. The Kier molecular flexibility index (Phi) is 3.89. The second kappa shape index (κ2) is 6.00. The first-order valence-corrected chi connectivity index (χ1v) is 7.03. The Hall–Kier alpha value is -3.02. The number of amides is 1. The maximum absolute atomic E-state index is 11.6. The molecule has 3 aromatic rings. The van der Waals surface area contributed by atoms with Gasteiger partial charge in [-0.1, -0.05) is 0 Å². The predicted octanol–water partition coefficient (Wildman–Crippen LogP) is 2.82. The van der Waals surface area contributed by atoms with E-state index in [9.17, 15) is 4.79 Å². The smallest absolute Gasteiger partial charge is 0.252 e. The molecule has 6 nitrogen and oxygen atoms in total. The van der Waals surface area contributed by atoms with Gasteiger partial charge < -0.3 is 19.6 Å². The molecule has 2 N–H and O–H groups in total. The average molecular weight is 312 g/mol. The minimum absolute atomic E-state index is 0.297. The summed E-state index contributed by atoms with van der Waals surface area (Å²) in [5.74, 6) is 1.10. The summed E-state index contributed by atoms with van der Waals surface area (Å²) in [5, 5.41) is 0.644. The molecule has 0 unspecified atom stereocenters. The lowest BCUT2D eigenvalue weighted by molar-refractivity contribution is 0.1000. The molecule has 0 aliphatic carbocycles. The van der Waals surface area contributed by atoms with E-state index in [-0.39, 0.29) is 0 Å². The van der Waals surface area contributed by atoms with E-state index in [0.29, 0.717) is 40.5 Å². The number of methoxy groups -OCH3 is 1. The van der Waals surface area contributed by atoms with Gasteiger partial charge in [0.2, 0.25) is 5.88 Å². The molecule has 0 radical (unpaired) electrons. The number of primary amides is 1. The molecule has 0 atom stereocenters. The maximum Gasteiger partial charge on any atom is 0.252 e. The van der Waals surface area contributed by atoms with Gasteiger partial charge in [-0.15, -0.1) is 0 Å². The van der Waals surface area contributed by atoms with Crippen LogP contribution in [0.25, 0.3) is 11.0 Å². The van der Waals surface area contributed by atoms with Gasteiger partial charge in [0, 0.05) is 11.6 Å². The molecule has 0 bridgehead atoms. The highest BCUT2D eigenvalue weighted by Crippen LogP contribution is 2.29. The molecule has 6 heteroatoms. The van der Waals surface area contributed by atoms with Gasteiger partial charge in [-0.3, -0.25) is 4.79 Å². The van der Waals surface area contributed by atoms with Gasteiger partial charge in [0.25, 0.3) is 5.91 Å². The van der Waals surface area contributed by atoms with Crippen LogP contribution in [0.2, 0.25) is 0 Å². The summed E-state index contributed by atoms with van der Waals surface area (Å²) in [4.78, 5) is 15.7. The maximum atomic E-state index is 11.6. The number of carbonyl (C=O) groups is 1. The Balaban J connectivity index is 1.89. The van der Waals surface area contributed by atoms with Gasteiger partial charge in [0.15, 0.2) is 0 Å².